The topological polar surface area (TPSA) is 87.9 Å². The number of hydrogen-bond donors (Lipinski definition) is 2. The summed E-state index contributed by atoms with van der Waals surface area (Å²) in [5, 5.41) is 2.56. The standard InChI is InChI=1S/C21H31F3N4O3/c1-5-27(13-20(2,3)4)17(11-25)19(30)26-14-6-7-16(15(10-14)21(22,23)24)28-8-9-31-12-18(28)29/h6-7,10,17H,5,8-9,11-13,25H2,1-4H3,(H,26,30)/t17-/m0/s1. The highest BCUT2D eigenvalue weighted by Gasteiger charge is 2.37. The molecule has 7 nitrogen and oxygen atoms in total. The summed E-state index contributed by atoms with van der Waals surface area (Å²) >= 11 is 0. The molecule has 0 bridgehead atoms. The van der Waals surface area contributed by atoms with Crippen molar-refractivity contribution in [3.63, 3.8) is 0 Å². The maximum atomic E-state index is 13.7. The number of likely N-dealkylation sites (N-methyl/N-ethyl adjacent to an activating group) is 1. The second-order valence-electron chi connectivity index (χ2n) is 8.69. The van der Waals surface area contributed by atoms with E-state index in [1.54, 1.807) is 0 Å². The van der Waals surface area contributed by atoms with Crippen LogP contribution in [0.2, 0.25) is 0 Å². The van der Waals surface area contributed by atoms with Gasteiger partial charge in [-0.25, -0.2) is 0 Å². The van der Waals surface area contributed by atoms with E-state index in [1.807, 2.05) is 32.6 Å². The van der Waals surface area contributed by atoms with Crippen molar-refractivity contribution in [1.29, 1.82) is 0 Å². The van der Waals surface area contributed by atoms with Gasteiger partial charge in [-0.05, 0) is 30.2 Å². The summed E-state index contributed by atoms with van der Waals surface area (Å²) in [7, 11) is 0. The number of nitrogens with two attached hydrogens (primary N) is 1. The minimum atomic E-state index is -4.70. The number of ether oxygens (including phenoxy) is 1. The predicted molar refractivity (Wildman–Crippen MR) is 113 cm³/mol. The van der Waals surface area contributed by atoms with Crippen molar-refractivity contribution < 1.29 is 27.5 Å². The molecule has 174 valence electrons. The molecule has 0 radical (unpaired) electrons. The van der Waals surface area contributed by atoms with Gasteiger partial charge in [0.1, 0.15) is 12.6 Å². The fourth-order valence-electron chi connectivity index (χ4n) is 3.55. The maximum absolute atomic E-state index is 13.7. The summed E-state index contributed by atoms with van der Waals surface area (Å²) in [6.45, 7) is 9.10. The highest BCUT2D eigenvalue weighted by Crippen LogP contribution is 2.38. The highest BCUT2D eigenvalue weighted by molar-refractivity contribution is 5.98. The van der Waals surface area contributed by atoms with Crippen LogP contribution >= 0.6 is 0 Å². The number of hydrogen-bond acceptors (Lipinski definition) is 5. The smallest absolute Gasteiger partial charge is 0.370 e. The molecule has 0 saturated carbocycles. The van der Waals surface area contributed by atoms with Crippen LogP contribution in [0.25, 0.3) is 0 Å². The molecule has 1 aromatic carbocycles. The summed E-state index contributed by atoms with van der Waals surface area (Å²) in [5.41, 5.74) is 4.48. The molecule has 31 heavy (non-hydrogen) atoms. The zero-order chi connectivity index (χ0) is 23.4. The Morgan fingerprint density at radius 1 is 1.32 bits per heavy atom. The lowest BCUT2D eigenvalue weighted by Crippen LogP contribution is -2.51. The Labute approximate surface area is 180 Å². The minimum Gasteiger partial charge on any atom is -0.370 e. The molecule has 1 fully saturated rings. The average molecular weight is 444 g/mol. The number of alkyl halides is 3. The Hall–Kier alpha value is -2.17. The summed E-state index contributed by atoms with van der Waals surface area (Å²) in [5.74, 6) is -1.02. The molecule has 1 saturated heterocycles. The van der Waals surface area contributed by atoms with Crippen molar-refractivity contribution in [2.45, 2.75) is 39.9 Å². The largest absolute Gasteiger partial charge is 0.418 e. The third-order valence-electron chi connectivity index (χ3n) is 4.90. The van der Waals surface area contributed by atoms with Crippen LogP contribution in [0.4, 0.5) is 24.5 Å². The van der Waals surface area contributed by atoms with Crippen molar-refractivity contribution in [2.75, 3.05) is 49.6 Å². The normalized spacial score (nSPS) is 16.5. The number of carbonyl (C=O) groups excluding carboxylic acids is 2. The monoisotopic (exact) mass is 444 g/mol. The van der Waals surface area contributed by atoms with Crippen LogP contribution in [0.1, 0.15) is 33.3 Å². The van der Waals surface area contributed by atoms with Crippen molar-refractivity contribution in [1.82, 2.24) is 4.90 Å². The van der Waals surface area contributed by atoms with Gasteiger partial charge in [0.25, 0.3) is 5.91 Å². The van der Waals surface area contributed by atoms with Gasteiger partial charge in [-0.1, -0.05) is 27.7 Å². The van der Waals surface area contributed by atoms with E-state index >= 15 is 0 Å². The second-order valence-corrected chi connectivity index (χ2v) is 8.69. The zero-order valence-corrected chi connectivity index (χ0v) is 18.4. The molecule has 1 aromatic rings. The van der Waals surface area contributed by atoms with Gasteiger partial charge < -0.3 is 20.7 Å². The molecular weight excluding hydrogens is 413 g/mol. The number of amides is 2. The van der Waals surface area contributed by atoms with Crippen LogP contribution in [-0.2, 0) is 20.5 Å². The first-order valence-corrected chi connectivity index (χ1v) is 10.2. The first-order valence-electron chi connectivity index (χ1n) is 10.2. The fraction of sp³-hybridized carbons (Fsp3) is 0.619. The number of benzene rings is 1. The molecule has 3 N–H and O–H groups in total. The molecule has 0 spiro atoms. The van der Waals surface area contributed by atoms with Crippen LogP contribution in [0, 0.1) is 5.41 Å². The third kappa shape index (κ3) is 6.65. The summed E-state index contributed by atoms with van der Waals surface area (Å²) in [6, 6.07) is 2.73. The van der Waals surface area contributed by atoms with Crippen LogP contribution < -0.4 is 16.0 Å². The molecule has 1 aliphatic rings. The summed E-state index contributed by atoms with van der Waals surface area (Å²) in [4.78, 5) is 27.8. The van der Waals surface area contributed by atoms with E-state index in [0.717, 1.165) is 11.0 Å². The van der Waals surface area contributed by atoms with Crippen LogP contribution in [-0.4, -0.2) is 62.1 Å². The number of nitrogens with zero attached hydrogens (tertiary/aromatic N) is 2. The summed E-state index contributed by atoms with van der Waals surface area (Å²) < 4.78 is 46.2. The summed E-state index contributed by atoms with van der Waals surface area (Å²) in [6.07, 6.45) is -4.70. The van der Waals surface area contributed by atoms with Crippen LogP contribution in [0.15, 0.2) is 18.2 Å². The Balaban J connectivity index is 2.30. The minimum absolute atomic E-state index is 0.00737. The Kier molecular flexibility index (Phi) is 8.07. The van der Waals surface area contributed by atoms with Crippen LogP contribution in [0.3, 0.4) is 0 Å². The van der Waals surface area contributed by atoms with Gasteiger partial charge in [-0.15, -0.1) is 0 Å². The van der Waals surface area contributed by atoms with Crippen molar-refractivity contribution in [3.8, 4) is 0 Å². The van der Waals surface area contributed by atoms with E-state index in [2.05, 4.69) is 5.32 Å². The van der Waals surface area contributed by atoms with E-state index in [9.17, 15) is 22.8 Å². The maximum Gasteiger partial charge on any atom is 0.418 e. The Bertz CT molecular complexity index is 793. The molecule has 0 aliphatic carbocycles. The molecule has 1 aliphatic heterocycles. The third-order valence-corrected chi connectivity index (χ3v) is 4.90. The van der Waals surface area contributed by atoms with Gasteiger partial charge in [-0.3, -0.25) is 14.5 Å². The van der Waals surface area contributed by atoms with E-state index in [-0.39, 0.29) is 43.1 Å². The van der Waals surface area contributed by atoms with Crippen molar-refractivity contribution in [2.24, 2.45) is 11.1 Å². The van der Waals surface area contributed by atoms with E-state index in [4.69, 9.17) is 10.5 Å². The van der Waals surface area contributed by atoms with Gasteiger partial charge in [0, 0.05) is 25.3 Å². The second kappa shape index (κ2) is 9.97. The molecular formula is C21H31F3N4O3. The van der Waals surface area contributed by atoms with E-state index in [1.165, 1.54) is 12.1 Å². The SMILES string of the molecule is CCN(CC(C)(C)C)[C@@H](CN)C(=O)Nc1ccc(N2CCOCC2=O)c(C(F)(F)F)c1. The van der Waals surface area contributed by atoms with E-state index < -0.39 is 29.6 Å². The number of rotatable bonds is 7. The number of morpholine rings is 1. The Morgan fingerprint density at radius 2 is 2.00 bits per heavy atom. The first-order chi connectivity index (χ1) is 14.4. The molecule has 2 amide bonds. The van der Waals surface area contributed by atoms with Gasteiger partial charge >= 0.3 is 6.18 Å². The quantitative estimate of drug-likeness (QED) is 0.675. The number of carbonyl (C=O) groups is 2. The van der Waals surface area contributed by atoms with Gasteiger partial charge in [0.05, 0.1) is 17.9 Å². The molecule has 1 heterocycles. The predicted octanol–water partition coefficient (Wildman–Crippen LogP) is 2.70. The highest BCUT2D eigenvalue weighted by atomic mass is 19.4. The van der Waals surface area contributed by atoms with E-state index in [0.29, 0.717) is 13.1 Å². The molecule has 2 rings (SSSR count). The molecule has 10 heteroatoms. The van der Waals surface area contributed by atoms with Gasteiger partial charge in [-0.2, -0.15) is 13.2 Å². The van der Waals surface area contributed by atoms with Gasteiger partial charge in [0.2, 0.25) is 5.91 Å². The lowest BCUT2D eigenvalue weighted by atomic mass is 9.95. The van der Waals surface area contributed by atoms with Crippen LogP contribution in [0.5, 0.6) is 0 Å². The lowest BCUT2D eigenvalue weighted by molar-refractivity contribution is -0.137. The number of nitrogens with one attached hydrogen (secondary N) is 1. The molecule has 1 atom stereocenters. The molecule has 0 aromatic heterocycles. The average Bonchev–Trinajstić information content (AvgIpc) is 2.66. The van der Waals surface area contributed by atoms with Gasteiger partial charge in [0.15, 0.2) is 0 Å². The first kappa shape index (κ1) is 25.1. The Morgan fingerprint density at radius 3 is 2.52 bits per heavy atom. The molecule has 0 unspecified atom stereocenters. The zero-order valence-electron chi connectivity index (χ0n) is 18.4. The lowest BCUT2D eigenvalue weighted by Gasteiger charge is -2.34. The van der Waals surface area contributed by atoms with Crippen molar-refractivity contribution >= 4 is 23.2 Å². The number of halogens is 3. The van der Waals surface area contributed by atoms with Crippen molar-refractivity contribution in [3.05, 3.63) is 23.8 Å². The fourth-order valence-corrected chi connectivity index (χ4v) is 3.55. The number of anilines is 2.